The molecule has 1 aliphatic carbocycles. The molecule has 0 atom stereocenters. The maximum absolute atomic E-state index is 13.5. The smallest absolute Gasteiger partial charge is 0.274 e. The first-order valence-corrected chi connectivity index (χ1v) is 13.0. The van der Waals surface area contributed by atoms with Gasteiger partial charge in [-0.25, -0.2) is 17.5 Å². The Kier molecular flexibility index (Phi) is 5.99. The highest BCUT2D eigenvalue weighted by atomic mass is 32.2. The van der Waals surface area contributed by atoms with Crippen LogP contribution in [0.25, 0.3) is 5.69 Å². The van der Waals surface area contributed by atoms with E-state index in [9.17, 15) is 17.6 Å². The third-order valence-electron chi connectivity index (χ3n) is 6.64. The highest BCUT2D eigenvalue weighted by molar-refractivity contribution is 7.89. The molecule has 5 rings (SSSR count). The monoisotopic (exact) mass is 482 g/mol. The van der Waals surface area contributed by atoms with Crippen LogP contribution < -0.4 is 0 Å². The van der Waals surface area contributed by atoms with E-state index in [1.807, 2.05) is 6.92 Å². The Hall–Kier alpha value is -3.04. The van der Waals surface area contributed by atoms with Gasteiger partial charge in [0.1, 0.15) is 5.82 Å². The molecule has 34 heavy (non-hydrogen) atoms. The Morgan fingerprint density at radius 2 is 1.56 bits per heavy atom. The second kappa shape index (κ2) is 8.96. The van der Waals surface area contributed by atoms with Crippen molar-refractivity contribution in [2.45, 2.75) is 37.5 Å². The predicted molar refractivity (Wildman–Crippen MR) is 126 cm³/mol. The molecule has 1 saturated heterocycles. The SMILES string of the molecule is Cc1ccc(S(=O)(=O)N2CCN(C(=O)c3nn(-c4ccc(F)cc4)c4c3CCCC4)CC2)cc1. The molecule has 0 bridgehead atoms. The van der Waals surface area contributed by atoms with Crippen molar-refractivity contribution in [3.05, 3.63) is 76.9 Å². The minimum absolute atomic E-state index is 0.175. The van der Waals surface area contributed by atoms with Crippen LogP contribution in [0.2, 0.25) is 0 Å². The molecular weight excluding hydrogens is 455 g/mol. The molecule has 3 aromatic rings. The third kappa shape index (κ3) is 4.14. The second-order valence-electron chi connectivity index (χ2n) is 8.88. The summed E-state index contributed by atoms with van der Waals surface area (Å²) in [5.74, 6) is -0.495. The van der Waals surface area contributed by atoms with Gasteiger partial charge in [-0.15, -0.1) is 0 Å². The quantitative estimate of drug-likeness (QED) is 0.572. The molecule has 2 aliphatic rings. The summed E-state index contributed by atoms with van der Waals surface area (Å²) >= 11 is 0. The molecule has 2 aromatic carbocycles. The molecule has 1 fully saturated rings. The summed E-state index contributed by atoms with van der Waals surface area (Å²) in [6.45, 7) is 3.01. The van der Waals surface area contributed by atoms with E-state index in [4.69, 9.17) is 0 Å². The Morgan fingerprint density at radius 1 is 0.912 bits per heavy atom. The average molecular weight is 483 g/mol. The molecule has 1 aliphatic heterocycles. The molecule has 0 unspecified atom stereocenters. The van der Waals surface area contributed by atoms with E-state index in [1.54, 1.807) is 46.0 Å². The van der Waals surface area contributed by atoms with Crippen molar-refractivity contribution in [1.29, 1.82) is 0 Å². The number of nitrogens with zero attached hydrogens (tertiary/aromatic N) is 4. The van der Waals surface area contributed by atoms with Gasteiger partial charge in [0, 0.05) is 37.4 Å². The number of benzene rings is 2. The fourth-order valence-corrected chi connectivity index (χ4v) is 6.13. The molecular formula is C25H27FN4O3S. The normalized spacial score (nSPS) is 16.9. The summed E-state index contributed by atoms with van der Waals surface area (Å²) in [6, 6.07) is 12.9. The van der Waals surface area contributed by atoms with Crippen LogP contribution in [0, 0.1) is 12.7 Å². The molecule has 0 radical (unpaired) electrons. The first-order chi connectivity index (χ1) is 16.3. The highest BCUT2D eigenvalue weighted by Crippen LogP contribution is 2.28. The zero-order chi connectivity index (χ0) is 23.9. The van der Waals surface area contributed by atoms with Crippen molar-refractivity contribution >= 4 is 15.9 Å². The number of halogens is 1. The van der Waals surface area contributed by atoms with Gasteiger partial charge in [-0.2, -0.15) is 9.40 Å². The molecule has 1 aromatic heterocycles. The van der Waals surface area contributed by atoms with Crippen molar-refractivity contribution in [3.8, 4) is 5.69 Å². The lowest BCUT2D eigenvalue weighted by molar-refractivity contribution is 0.0690. The van der Waals surface area contributed by atoms with Crippen molar-refractivity contribution in [2.75, 3.05) is 26.2 Å². The molecule has 178 valence electrons. The topological polar surface area (TPSA) is 75.5 Å². The molecule has 0 saturated carbocycles. The minimum atomic E-state index is -3.60. The van der Waals surface area contributed by atoms with Crippen molar-refractivity contribution in [3.63, 3.8) is 0 Å². The zero-order valence-corrected chi connectivity index (χ0v) is 19.9. The Bertz CT molecular complexity index is 1310. The van der Waals surface area contributed by atoms with Gasteiger partial charge in [-0.1, -0.05) is 17.7 Å². The molecule has 1 amide bonds. The van der Waals surface area contributed by atoms with Gasteiger partial charge in [-0.3, -0.25) is 4.79 Å². The van der Waals surface area contributed by atoms with Crippen molar-refractivity contribution in [2.24, 2.45) is 0 Å². The largest absolute Gasteiger partial charge is 0.335 e. The van der Waals surface area contributed by atoms with E-state index in [2.05, 4.69) is 5.10 Å². The van der Waals surface area contributed by atoms with Gasteiger partial charge >= 0.3 is 0 Å². The summed E-state index contributed by atoms with van der Waals surface area (Å²) in [5.41, 5.74) is 4.11. The van der Waals surface area contributed by atoms with Crippen LogP contribution in [0.1, 0.15) is 40.2 Å². The fraction of sp³-hybridized carbons (Fsp3) is 0.360. The van der Waals surface area contributed by atoms with Crippen LogP contribution >= 0.6 is 0 Å². The Labute approximate surface area is 198 Å². The number of rotatable bonds is 4. The van der Waals surface area contributed by atoms with Gasteiger partial charge in [0.05, 0.1) is 10.6 Å². The Balaban J connectivity index is 1.36. The first-order valence-electron chi connectivity index (χ1n) is 11.6. The van der Waals surface area contributed by atoms with Crippen LogP contribution in [0.15, 0.2) is 53.4 Å². The number of carbonyl (C=O) groups excluding carboxylic acids is 1. The number of aromatic nitrogens is 2. The number of amides is 1. The molecule has 9 heteroatoms. The summed E-state index contributed by atoms with van der Waals surface area (Å²) in [6.07, 6.45) is 3.60. The number of piperazine rings is 1. The predicted octanol–water partition coefficient (Wildman–Crippen LogP) is 3.35. The van der Waals surface area contributed by atoms with Crippen LogP contribution in [-0.2, 0) is 22.9 Å². The van der Waals surface area contributed by atoms with E-state index in [0.717, 1.165) is 48.2 Å². The minimum Gasteiger partial charge on any atom is -0.335 e. The number of hydrogen-bond acceptors (Lipinski definition) is 4. The molecule has 7 nitrogen and oxygen atoms in total. The van der Waals surface area contributed by atoms with Gasteiger partial charge in [0.2, 0.25) is 10.0 Å². The molecule has 2 heterocycles. The Morgan fingerprint density at radius 3 is 2.24 bits per heavy atom. The lowest BCUT2D eigenvalue weighted by Gasteiger charge is -2.33. The summed E-state index contributed by atoms with van der Waals surface area (Å²) in [7, 11) is -3.60. The average Bonchev–Trinajstić information content (AvgIpc) is 3.24. The van der Waals surface area contributed by atoms with E-state index >= 15 is 0 Å². The summed E-state index contributed by atoms with van der Waals surface area (Å²) in [5, 5.41) is 4.66. The standard InChI is InChI=1S/C25H27FN4O3S/c1-18-6-12-21(13-7-18)34(32,33)29-16-14-28(15-17-29)25(31)24-22-4-2-3-5-23(22)30(27-24)20-10-8-19(26)9-11-20/h6-13H,2-5,14-17H2,1H3. The maximum Gasteiger partial charge on any atom is 0.274 e. The van der Waals surface area contributed by atoms with Crippen LogP contribution in [0.4, 0.5) is 4.39 Å². The third-order valence-corrected chi connectivity index (χ3v) is 8.55. The maximum atomic E-state index is 13.5. The number of aryl methyl sites for hydroxylation is 1. The van der Waals surface area contributed by atoms with Crippen molar-refractivity contribution in [1.82, 2.24) is 19.0 Å². The van der Waals surface area contributed by atoms with E-state index < -0.39 is 10.0 Å². The number of fused-ring (bicyclic) bond motifs is 1. The van der Waals surface area contributed by atoms with Gasteiger partial charge in [-0.05, 0) is 69.0 Å². The fourth-order valence-electron chi connectivity index (χ4n) is 4.71. The zero-order valence-electron chi connectivity index (χ0n) is 19.1. The molecule has 0 spiro atoms. The molecule has 0 N–H and O–H groups in total. The van der Waals surface area contributed by atoms with Gasteiger partial charge in [0.15, 0.2) is 5.69 Å². The van der Waals surface area contributed by atoms with Crippen LogP contribution in [0.3, 0.4) is 0 Å². The van der Waals surface area contributed by atoms with Crippen molar-refractivity contribution < 1.29 is 17.6 Å². The lowest BCUT2D eigenvalue weighted by Crippen LogP contribution is -2.50. The second-order valence-corrected chi connectivity index (χ2v) is 10.8. The first kappa shape index (κ1) is 22.7. The number of carbonyl (C=O) groups is 1. The van der Waals surface area contributed by atoms with E-state index in [-0.39, 0.29) is 29.7 Å². The van der Waals surface area contributed by atoms with E-state index in [1.165, 1.54) is 16.4 Å². The number of hydrogen-bond donors (Lipinski definition) is 0. The van der Waals surface area contributed by atoms with Gasteiger partial charge in [0.25, 0.3) is 5.91 Å². The number of sulfonamides is 1. The lowest BCUT2D eigenvalue weighted by atomic mass is 9.95. The van der Waals surface area contributed by atoms with Crippen LogP contribution in [0.5, 0.6) is 0 Å². The summed E-state index contributed by atoms with van der Waals surface area (Å²) in [4.78, 5) is 15.4. The highest BCUT2D eigenvalue weighted by Gasteiger charge is 2.33. The van der Waals surface area contributed by atoms with Crippen LogP contribution in [-0.4, -0.2) is 59.5 Å². The summed E-state index contributed by atoms with van der Waals surface area (Å²) < 4.78 is 42.6. The van der Waals surface area contributed by atoms with E-state index in [0.29, 0.717) is 18.8 Å². The van der Waals surface area contributed by atoms with Gasteiger partial charge < -0.3 is 4.90 Å².